The summed E-state index contributed by atoms with van der Waals surface area (Å²) in [5.74, 6) is -0.280. The highest BCUT2D eigenvalue weighted by Gasteiger charge is 2.31. The van der Waals surface area contributed by atoms with Crippen LogP contribution in [0.25, 0.3) is 0 Å². The third kappa shape index (κ3) is 6.93. The van der Waals surface area contributed by atoms with Crippen LogP contribution in [0.2, 0.25) is 0 Å². The summed E-state index contributed by atoms with van der Waals surface area (Å²) in [5, 5.41) is 2.70. The molecule has 0 fully saturated rings. The Morgan fingerprint density at radius 2 is 1.72 bits per heavy atom. The van der Waals surface area contributed by atoms with Gasteiger partial charge in [0.05, 0.1) is 12.8 Å². The Labute approximate surface area is 110 Å². The quantitative estimate of drug-likeness (QED) is 0.726. The summed E-state index contributed by atoms with van der Waals surface area (Å²) < 4.78 is 24.5. The van der Waals surface area contributed by atoms with E-state index in [1.165, 1.54) is 4.31 Å². The van der Waals surface area contributed by atoms with Crippen LogP contribution in [0, 0.1) is 0 Å². The molecule has 0 aliphatic rings. The molecule has 0 unspecified atom stereocenters. The number of sulfonamides is 1. The van der Waals surface area contributed by atoms with Gasteiger partial charge in [0.1, 0.15) is 0 Å². The van der Waals surface area contributed by atoms with Crippen molar-refractivity contribution in [3.05, 3.63) is 0 Å². The van der Waals surface area contributed by atoms with Crippen LogP contribution in [0.5, 0.6) is 0 Å². The van der Waals surface area contributed by atoms with E-state index in [1.807, 2.05) is 19.0 Å². The SMILES string of the molecule is CN(C)CCNC(=O)CN(C(C)(C)C)S(C)(=O)=O. The summed E-state index contributed by atoms with van der Waals surface area (Å²) in [6.07, 6.45) is 1.12. The lowest BCUT2D eigenvalue weighted by atomic mass is 10.1. The second kappa shape index (κ2) is 6.49. The van der Waals surface area contributed by atoms with Crippen molar-refractivity contribution in [2.45, 2.75) is 26.3 Å². The van der Waals surface area contributed by atoms with Crippen molar-refractivity contribution in [3.8, 4) is 0 Å². The van der Waals surface area contributed by atoms with E-state index < -0.39 is 15.6 Å². The maximum Gasteiger partial charge on any atom is 0.235 e. The van der Waals surface area contributed by atoms with E-state index in [4.69, 9.17) is 0 Å². The molecule has 1 N–H and O–H groups in total. The van der Waals surface area contributed by atoms with Crippen molar-refractivity contribution in [1.82, 2.24) is 14.5 Å². The van der Waals surface area contributed by atoms with E-state index in [1.54, 1.807) is 20.8 Å². The minimum atomic E-state index is -3.40. The van der Waals surface area contributed by atoms with Gasteiger partial charge in [-0.25, -0.2) is 8.42 Å². The van der Waals surface area contributed by atoms with Gasteiger partial charge < -0.3 is 10.2 Å². The standard InChI is InChI=1S/C11H25N3O3S/c1-11(2,3)14(18(6,16)17)9-10(15)12-7-8-13(4)5/h7-9H2,1-6H3,(H,12,15). The van der Waals surface area contributed by atoms with Crippen molar-refractivity contribution in [3.63, 3.8) is 0 Å². The lowest BCUT2D eigenvalue weighted by molar-refractivity contribution is -0.122. The number of hydrogen-bond acceptors (Lipinski definition) is 4. The molecule has 7 heteroatoms. The van der Waals surface area contributed by atoms with Crippen LogP contribution in [-0.2, 0) is 14.8 Å². The highest BCUT2D eigenvalue weighted by atomic mass is 32.2. The number of carbonyl (C=O) groups is 1. The average Bonchev–Trinajstić information content (AvgIpc) is 2.09. The monoisotopic (exact) mass is 279 g/mol. The summed E-state index contributed by atoms with van der Waals surface area (Å²) in [7, 11) is 0.417. The van der Waals surface area contributed by atoms with Crippen LogP contribution in [0.3, 0.4) is 0 Å². The van der Waals surface area contributed by atoms with E-state index in [-0.39, 0.29) is 12.5 Å². The predicted octanol–water partition coefficient (Wildman–Crippen LogP) is -0.276. The van der Waals surface area contributed by atoms with Gasteiger partial charge in [-0.2, -0.15) is 4.31 Å². The van der Waals surface area contributed by atoms with Crippen molar-refractivity contribution < 1.29 is 13.2 Å². The molecule has 1 amide bonds. The van der Waals surface area contributed by atoms with Gasteiger partial charge >= 0.3 is 0 Å². The first kappa shape index (κ1) is 17.3. The normalized spacial score (nSPS) is 13.1. The molecule has 0 aromatic heterocycles. The Balaban J connectivity index is 4.49. The van der Waals surface area contributed by atoms with Crippen LogP contribution in [0.4, 0.5) is 0 Å². The molecule has 18 heavy (non-hydrogen) atoms. The predicted molar refractivity (Wildman–Crippen MR) is 72.9 cm³/mol. The molecule has 0 aromatic rings. The van der Waals surface area contributed by atoms with E-state index in [0.29, 0.717) is 6.54 Å². The molecule has 0 spiro atoms. The third-order valence-electron chi connectivity index (χ3n) is 2.32. The van der Waals surface area contributed by atoms with E-state index in [2.05, 4.69) is 5.32 Å². The summed E-state index contributed by atoms with van der Waals surface area (Å²) in [6.45, 7) is 6.38. The highest BCUT2D eigenvalue weighted by molar-refractivity contribution is 7.88. The minimum absolute atomic E-state index is 0.143. The number of carbonyl (C=O) groups excluding carboxylic acids is 1. The number of nitrogens with one attached hydrogen (secondary N) is 1. The van der Waals surface area contributed by atoms with Crippen LogP contribution >= 0.6 is 0 Å². The largest absolute Gasteiger partial charge is 0.354 e. The average molecular weight is 279 g/mol. The third-order valence-corrected chi connectivity index (χ3v) is 3.79. The molecule has 0 atom stereocenters. The molecule has 0 heterocycles. The topological polar surface area (TPSA) is 69.7 Å². The Kier molecular flexibility index (Phi) is 6.25. The molecule has 0 bridgehead atoms. The molecule has 0 rings (SSSR count). The van der Waals surface area contributed by atoms with Gasteiger partial charge in [-0.15, -0.1) is 0 Å². The molecule has 0 aromatic carbocycles. The van der Waals surface area contributed by atoms with Crippen molar-refractivity contribution in [1.29, 1.82) is 0 Å². The first-order chi connectivity index (χ1) is 7.94. The van der Waals surface area contributed by atoms with Crippen LogP contribution in [0.1, 0.15) is 20.8 Å². The minimum Gasteiger partial charge on any atom is -0.354 e. The van der Waals surface area contributed by atoms with E-state index >= 15 is 0 Å². The number of amides is 1. The fourth-order valence-electron chi connectivity index (χ4n) is 1.46. The smallest absolute Gasteiger partial charge is 0.235 e. The van der Waals surface area contributed by atoms with Gasteiger partial charge in [0.2, 0.25) is 15.9 Å². The first-order valence-corrected chi connectivity index (χ1v) is 7.68. The zero-order valence-corrected chi connectivity index (χ0v) is 13.0. The number of rotatable bonds is 6. The second-order valence-electron chi connectivity index (χ2n) is 5.59. The van der Waals surface area contributed by atoms with E-state index in [9.17, 15) is 13.2 Å². The molecule has 108 valence electrons. The molecular weight excluding hydrogens is 254 g/mol. The van der Waals surface area contributed by atoms with Crippen LogP contribution in [-0.4, -0.2) is 69.1 Å². The summed E-state index contributed by atoms with van der Waals surface area (Å²) in [5.41, 5.74) is -0.605. The van der Waals surface area contributed by atoms with Gasteiger partial charge in [0, 0.05) is 18.6 Å². The maximum absolute atomic E-state index is 11.7. The molecular formula is C11H25N3O3S. The Bertz CT molecular complexity index is 371. The Hall–Kier alpha value is -0.660. The number of hydrogen-bond donors (Lipinski definition) is 1. The van der Waals surface area contributed by atoms with Gasteiger partial charge in [-0.3, -0.25) is 4.79 Å². The second-order valence-corrected chi connectivity index (χ2v) is 7.50. The molecule has 0 aliphatic heterocycles. The summed E-state index contributed by atoms with van der Waals surface area (Å²) in [4.78, 5) is 13.6. The fraction of sp³-hybridized carbons (Fsp3) is 0.909. The van der Waals surface area contributed by atoms with E-state index in [0.717, 1.165) is 12.8 Å². The van der Waals surface area contributed by atoms with Crippen LogP contribution < -0.4 is 5.32 Å². The lowest BCUT2D eigenvalue weighted by Gasteiger charge is -2.32. The molecule has 0 saturated heterocycles. The molecule has 0 radical (unpaired) electrons. The van der Waals surface area contributed by atoms with Gasteiger partial charge in [-0.05, 0) is 34.9 Å². The fourth-order valence-corrected chi connectivity index (χ4v) is 2.80. The number of nitrogens with zero attached hydrogens (tertiary/aromatic N) is 2. The van der Waals surface area contributed by atoms with Gasteiger partial charge in [0.15, 0.2) is 0 Å². The summed E-state index contributed by atoms with van der Waals surface area (Å²) in [6, 6.07) is 0. The highest BCUT2D eigenvalue weighted by Crippen LogP contribution is 2.16. The zero-order valence-electron chi connectivity index (χ0n) is 12.1. The first-order valence-electron chi connectivity index (χ1n) is 5.84. The molecule has 6 nitrogen and oxygen atoms in total. The zero-order chi connectivity index (χ0) is 14.6. The summed E-state index contributed by atoms with van der Waals surface area (Å²) >= 11 is 0. The van der Waals surface area contributed by atoms with Crippen LogP contribution in [0.15, 0.2) is 0 Å². The van der Waals surface area contributed by atoms with Gasteiger partial charge in [-0.1, -0.05) is 0 Å². The van der Waals surface area contributed by atoms with Crippen molar-refractivity contribution in [2.24, 2.45) is 0 Å². The molecule has 0 aliphatic carbocycles. The Morgan fingerprint density at radius 3 is 2.06 bits per heavy atom. The maximum atomic E-state index is 11.7. The van der Waals surface area contributed by atoms with Crippen molar-refractivity contribution in [2.75, 3.05) is 40.0 Å². The Morgan fingerprint density at radius 1 is 1.22 bits per heavy atom. The number of likely N-dealkylation sites (N-methyl/N-ethyl adjacent to an activating group) is 1. The van der Waals surface area contributed by atoms with Crippen molar-refractivity contribution >= 4 is 15.9 Å². The van der Waals surface area contributed by atoms with Gasteiger partial charge in [0.25, 0.3) is 0 Å². The lowest BCUT2D eigenvalue weighted by Crippen LogP contribution is -2.50. The molecule has 0 saturated carbocycles.